The van der Waals surface area contributed by atoms with Gasteiger partial charge in [0.05, 0.1) is 5.52 Å². The monoisotopic (exact) mass is 317 g/mol. The smallest absolute Gasteiger partial charge is 0.0719 e. The largest absolute Gasteiger partial charge is 0.252 e. The lowest BCUT2D eigenvalue weighted by molar-refractivity contribution is 0.670. The van der Waals surface area contributed by atoms with E-state index in [1.54, 1.807) is 0 Å². The highest BCUT2D eigenvalue weighted by molar-refractivity contribution is 6.31. The van der Waals surface area contributed by atoms with Crippen molar-refractivity contribution in [3.63, 3.8) is 0 Å². The van der Waals surface area contributed by atoms with Gasteiger partial charge in [0.1, 0.15) is 0 Å². The van der Waals surface area contributed by atoms with Gasteiger partial charge in [-0.15, -0.1) is 0 Å². The van der Waals surface area contributed by atoms with Crippen LogP contribution in [0.25, 0.3) is 10.9 Å². The zero-order valence-corrected chi connectivity index (χ0v) is 13.5. The van der Waals surface area contributed by atoms with Crippen LogP contribution in [0.1, 0.15) is 35.2 Å². The number of pyridine rings is 1. The van der Waals surface area contributed by atoms with Crippen molar-refractivity contribution < 1.29 is 0 Å². The van der Waals surface area contributed by atoms with Gasteiger partial charge in [0.2, 0.25) is 0 Å². The highest BCUT2D eigenvalue weighted by Crippen LogP contribution is 2.30. The van der Waals surface area contributed by atoms with Crippen LogP contribution in [-0.4, -0.2) is 4.98 Å². The Kier molecular flexibility index (Phi) is 3.77. The summed E-state index contributed by atoms with van der Waals surface area (Å²) < 4.78 is 0. The third-order valence-corrected chi connectivity index (χ3v) is 4.56. The first kappa shape index (κ1) is 14.3. The summed E-state index contributed by atoms with van der Waals surface area (Å²) in [6, 6.07) is 16.0. The molecule has 2 aromatic carbocycles. The van der Waals surface area contributed by atoms with Crippen molar-refractivity contribution in [3.8, 4) is 11.8 Å². The second-order valence-corrected chi connectivity index (χ2v) is 6.33. The number of aromatic nitrogens is 1. The van der Waals surface area contributed by atoms with Crippen molar-refractivity contribution in [2.24, 2.45) is 0 Å². The fourth-order valence-electron chi connectivity index (χ4n) is 3.19. The average Bonchev–Trinajstić information content (AvgIpc) is 2.60. The van der Waals surface area contributed by atoms with E-state index in [4.69, 9.17) is 16.6 Å². The van der Waals surface area contributed by atoms with Crippen molar-refractivity contribution >= 4 is 22.5 Å². The lowest BCUT2D eigenvalue weighted by Crippen LogP contribution is -2.08. The molecule has 23 heavy (non-hydrogen) atoms. The zero-order valence-electron chi connectivity index (χ0n) is 12.8. The van der Waals surface area contributed by atoms with E-state index in [9.17, 15) is 0 Å². The van der Waals surface area contributed by atoms with Gasteiger partial charge in [-0.05, 0) is 61.6 Å². The highest BCUT2D eigenvalue weighted by Gasteiger charge is 2.17. The van der Waals surface area contributed by atoms with Crippen LogP contribution in [0.5, 0.6) is 0 Å². The Balaban J connectivity index is 1.96. The topological polar surface area (TPSA) is 12.9 Å². The SMILES string of the molecule is Clc1ccc2nc3c(c(C#Cc4ccccc4)c2c1)CCCC3. The summed E-state index contributed by atoms with van der Waals surface area (Å²) in [6.07, 6.45) is 4.53. The van der Waals surface area contributed by atoms with Gasteiger partial charge in [-0.1, -0.05) is 41.6 Å². The van der Waals surface area contributed by atoms with Crippen LogP contribution in [0.3, 0.4) is 0 Å². The van der Waals surface area contributed by atoms with Crippen molar-refractivity contribution in [2.45, 2.75) is 25.7 Å². The van der Waals surface area contributed by atoms with E-state index < -0.39 is 0 Å². The van der Waals surface area contributed by atoms with Gasteiger partial charge in [-0.2, -0.15) is 0 Å². The number of nitrogens with zero attached hydrogens (tertiary/aromatic N) is 1. The Labute approximate surface area is 141 Å². The predicted molar refractivity (Wildman–Crippen MR) is 95.8 cm³/mol. The summed E-state index contributed by atoms with van der Waals surface area (Å²) >= 11 is 6.22. The molecule has 4 rings (SSSR count). The van der Waals surface area contributed by atoms with Crippen LogP contribution in [0.15, 0.2) is 48.5 Å². The number of hydrogen-bond acceptors (Lipinski definition) is 1. The molecule has 0 radical (unpaired) electrons. The average molecular weight is 318 g/mol. The quantitative estimate of drug-likeness (QED) is 0.521. The summed E-state index contributed by atoms with van der Waals surface area (Å²) in [5.74, 6) is 6.71. The molecule has 0 N–H and O–H groups in total. The molecule has 0 amide bonds. The van der Waals surface area contributed by atoms with Crippen LogP contribution in [0, 0.1) is 11.8 Å². The van der Waals surface area contributed by atoms with E-state index in [2.05, 4.69) is 11.8 Å². The molecular weight excluding hydrogens is 302 g/mol. The van der Waals surface area contributed by atoms with Crippen LogP contribution < -0.4 is 0 Å². The van der Waals surface area contributed by atoms with Gasteiger partial charge in [-0.25, -0.2) is 0 Å². The van der Waals surface area contributed by atoms with Crippen LogP contribution in [0.2, 0.25) is 5.02 Å². The molecule has 0 aliphatic heterocycles. The Morgan fingerprint density at radius 1 is 0.913 bits per heavy atom. The molecule has 0 bridgehead atoms. The second-order valence-electron chi connectivity index (χ2n) is 5.90. The van der Waals surface area contributed by atoms with E-state index in [0.717, 1.165) is 39.9 Å². The molecule has 3 aromatic rings. The Hall–Kier alpha value is -2.30. The van der Waals surface area contributed by atoms with Gasteiger partial charge in [0.25, 0.3) is 0 Å². The Morgan fingerprint density at radius 2 is 1.74 bits per heavy atom. The summed E-state index contributed by atoms with van der Waals surface area (Å²) in [6.45, 7) is 0. The highest BCUT2D eigenvalue weighted by atomic mass is 35.5. The molecule has 0 unspecified atom stereocenters. The van der Waals surface area contributed by atoms with Gasteiger partial charge in [-0.3, -0.25) is 4.98 Å². The van der Waals surface area contributed by atoms with Crippen LogP contribution in [-0.2, 0) is 12.8 Å². The fourth-order valence-corrected chi connectivity index (χ4v) is 3.37. The van der Waals surface area contributed by atoms with Gasteiger partial charge < -0.3 is 0 Å². The zero-order chi connectivity index (χ0) is 15.6. The third kappa shape index (κ3) is 2.83. The molecule has 0 atom stereocenters. The number of halogens is 1. The van der Waals surface area contributed by atoms with E-state index in [0.29, 0.717) is 0 Å². The molecule has 0 fully saturated rings. The molecular formula is C21H16ClN. The Bertz CT molecular complexity index is 933. The minimum absolute atomic E-state index is 0.734. The number of hydrogen-bond donors (Lipinski definition) is 0. The summed E-state index contributed by atoms with van der Waals surface area (Å²) in [4.78, 5) is 4.85. The number of aryl methyl sites for hydroxylation is 1. The van der Waals surface area contributed by atoms with Gasteiger partial charge in [0.15, 0.2) is 0 Å². The molecule has 1 aromatic heterocycles. The normalized spacial score (nSPS) is 13.3. The third-order valence-electron chi connectivity index (χ3n) is 4.33. The number of benzene rings is 2. The van der Waals surface area contributed by atoms with Crippen LogP contribution >= 0.6 is 11.6 Å². The molecule has 1 aliphatic rings. The molecule has 1 aliphatic carbocycles. The number of fused-ring (bicyclic) bond motifs is 2. The lowest BCUT2D eigenvalue weighted by atomic mass is 9.90. The molecule has 2 heteroatoms. The van der Waals surface area contributed by atoms with Crippen molar-refractivity contribution in [1.82, 2.24) is 4.98 Å². The number of rotatable bonds is 0. The molecule has 1 heterocycles. The van der Waals surface area contributed by atoms with E-state index >= 15 is 0 Å². The Morgan fingerprint density at radius 3 is 2.61 bits per heavy atom. The van der Waals surface area contributed by atoms with E-state index in [1.165, 1.54) is 24.1 Å². The van der Waals surface area contributed by atoms with E-state index in [-0.39, 0.29) is 0 Å². The first-order chi connectivity index (χ1) is 11.3. The van der Waals surface area contributed by atoms with Gasteiger partial charge in [0, 0.05) is 27.2 Å². The molecule has 0 saturated heterocycles. The first-order valence-electron chi connectivity index (χ1n) is 7.99. The fraction of sp³-hybridized carbons (Fsp3) is 0.190. The predicted octanol–water partition coefficient (Wildman–Crippen LogP) is 5.17. The minimum Gasteiger partial charge on any atom is -0.252 e. The maximum Gasteiger partial charge on any atom is 0.0719 e. The maximum absolute atomic E-state index is 6.22. The second kappa shape index (κ2) is 6.07. The lowest BCUT2D eigenvalue weighted by Gasteiger charge is -2.18. The minimum atomic E-state index is 0.734. The van der Waals surface area contributed by atoms with Crippen molar-refractivity contribution in [3.05, 3.63) is 75.9 Å². The summed E-state index contributed by atoms with van der Waals surface area (Å²) in [7, 11) is 0. The maximum atomic E-state index is 6.22. The van der Waals surface area contributed by atoms with Crippen LogP contribution in [0.4, 0.5) is 0 Å². The van der Waals surface area contributed by atoms with Gasteiger partial charge >= 0.3 is 0 Å². The standard InChI is InChI=1S/C21H16ClN/c22-16-11-13-21-19(14-16)17(12-10-15-6-2-1-3-7-15)18-8-4-5-9-20(18)23-21/h1-3,6-7,11,13-14H,4-5,8-9H2. The molecule has 0 spiro atoms. The summed E-state index contributed by atoms with van der Waals surface area (Å²) in [5, 5.41) is 1.81. The molecule has 1 nitrogen and oxygen atoms in total. The molecule has 0 saturated carbocycles. The first-order valence-corrected chi connectivity index (χ1v) is 8.37. The van der Waals surface area contributed by atoms with E-state index in [1.807, 2.05) is 48.5 Å². The molecule has 112 valence electrons. The van der Waals surface area contributed by atoms with Crippen molar-refractivity contribution in [2.75, 3.05) is 0 Å². The van der Waals surface area contributed by atoms with Crippen molar-refractivity contribution in [1.29, 1.82) is 0 Å². The summed E-state index contributed by atoms with van der Waals surface area (Å²) in [5.41, 5.74) is 5.66.